The third kappa shape index (κ3) is 4.00. The van der Waals surface area contributed by atoms with Crippen LogP contribution >= 0.6 is 0 Å². The number of hydrogen-bond donors (Lipinski definition) is 1. The number of hydrogen-bond acceptors (Lipinski definition) is 5. The summed E-state index contributed by atoms with van der Waals surface area (Å²) in [5.41, 5.74) is 3.67. The molecule has 8 heteroatoms. The molecule has 2 aromatic carbocycles. The van der Waals surface area contributed by atoms with E-state index in [0.29, 0.717) is 17.4 Å². The van der Waals surface area contributed by atoms with Crippen molar-refractivity contribution in [3.05, 3.63) is 77.5 Å². The maximum Gasteiger partial charge on any atom is 0.257 e. The van der Waals surface area contributed by atoms with Crippen molar-refractivity contribution in [1.82, 2.24) is 24.3 Å². The molecular weight excluding hydrogens is 416 g/mol. The Morgan fingerprint density at radius 3 is 2.76 bits per heavy atom. The van der Waals surface area contributed by atoms with Gasteiger partial charge in [0, 0.05) is 37.1 Å². The van der Waals surface area contributed by atoms with Gasteiger partial charge in [0.25, 0.3) is 5.91 Å². The summed E-state index contributed by atoms with van der Waals surface area (Å²) in [6, 6.07) is 15.6. The number of anilines is 1. The highest BCUT2D eigenvalue weighted by Gasteiger charge is 2.23. The second kappa shape index (κ2) is 8.54. The molecule has 0 spiro atoms. The number of ether oxygens (including phenoxy) is 1. The Bertz CT molecular complexity index is 1300. The Balaban J connectivity index is 1.33. The van der Waals surface area contributed by atoms with Gasteiger partial charge < -0.3 is 13.9 Å². The molecule has 0 radical (unpaired) electrons. The smallest absolute Gasteiger partial charge is 0.257 e. The first kappa shape index (κ1) is 20.9. The number of rotatable bonds is 5. The van der Waals surface area contributed by atoms with Crippen LogP contribution < -0.4 is 10.1 Å². The van der Waals surface area contributed by atoms with Crippen molar-refractivity contribution in [2.75, 3.05) is 12.4 Å². The third-order valence-corrected chi connectivity index (χ3v) is 6.35. The van der Waals surface area contributed by atoms with Crippen LogP contribution in [0.4, 0.5) is 5.95 Å². The minimum absolute atomic E-state index is 0.177. The molecule has 0 saturated heterocycles. The van der Waals surface area contributed by atoms with Gasteiger partial charge in [-0.05, 0) is 55.3 Å². The lowest BCUT2D eigenvalue weighted by Gasteiger charge is -2.24. The van der Waals surface area contributed by atoms with Gasteiger partial charge in [-0.2, -0.15) is 0 Å². The number of imidazole rings is 1. The third-order valence-electron chi connectivity index (χ3n) is 6.35. The zero-order valence-electron chi connectivity index (χ0n) is 18.9. The number of methoxy groups -OCH3 is 1. The lowest BCUT2D eigenvalue weighted by Crippen LogP contribution is -2.20. The summed E-state index contributed by atoms with van der Waals surface area (Å²) >= 11 is 0. The highest BCUT2D eigenvalue weighted by Crippen LogP contribution is 2.30. The molecule has 0 bridgehead atoms. The van der Waals surface area contributed by atoms with E-state index in [-0.39, 0.29) is 5.91 Å². The van der Waals surface area contributed by atoms with Gasteiger partial charge in [-0.15, -0.1) is 10.2 Å². The largest absolute Gasteiger partial charge is 0.497 e. The Morgan fingerprint density at radius 1 is 1.15 bits per heavy atom. The molecule has 0 saturated carbocycles. The summed E-state index contributed by atoms with van der Waals surface area (Å²) in [4.78, 5) is 17.5. The second-order valence-corrected chi connectivity index (χ2v) is 8.34. The van der Waals surface area contributed by atoms with Gasteiger partial charge in [-0.25, -0.2) is 4.98 Å². The quantitative estimate of drug-likeness (QED) is 0.505. The number of nitrogens with zero attached hydrogens (tertiary/aromatic N) is 5. The zero-order valence-corrected chi connectivity index (χ0v) is 18.9. The molecular formula is C25H26N6O2. The van der Waals surface area contributed by atoms with Gasteiger partial charge in [-0.1, -0.05) is 12.1 Å². The molecule has 8 nitrogen and oxygen atoms in total. The molecule has 0 unspecified atom stereocenters. The van der Waals surface area contributed by atoms with Crippen molar-refractivity contribution in [3.8, 4) is 17.0 Å². The maximum absolute atomic E-state index is 13.0. The molecule has 5 rings (SSSR count). The standard InChI is InChI=1S/C25H26N6O2/c1-16-28-29-23-12-9-20(15-31(16)23)18-5-4-6-19(13-18)24(32)27-25-26-14-22(30(25)2)17-7-10-21(33-3)11-8-17/h4-8,10-11,13-14,20H,9,12,15H2,1-3H3,(H,26,27,32)/t20-/m1/s1. The Kier molecular flexibility index (Phi) is 5.42. The SMILES string of the molecule is COc1ccc(-c2cnc(NC(=O)c3cccc([C@@H]4CCc5nnc(C)n5C4)c3)n2C)cc1. The lowest BCUT2D eigenvalue weighted by molar-refractivity contribution is 0.102. The molecule has 2 aromatic heterocycles. The van der Waals surface area contributed by atoms with Crippen molar-refractivity contribution in [1.29, 1.82) is 0 Å². The van der Waals surface area contributed by atoms with Crippen LogP contribution in [0, 0.1) is 6.92 Å². The van der Waals surface area contributed by atoms with Crippen molar-refractivity contribution < 1.29 is 9.53 Å². The summed E-state index contributed by atoms with van der Waals surface area (Å²) < 4.78 is 9.28. The van der Waals surface area contributed by atoms with E-state index in [0.717, 1.165) is 53.6 Å². The summed E-state index contributed by atoms with van der Waals surface area (Å²) in [5.74, 6) is 3.42. The van der Waals surface area contributed by atoms with E-state index in [1.165, 1.54) is 0 Å². The Hall–Kier alpha value is -3.94. The van der Waals surface area contributed by atoms with Crippen LogP contribution in [0.15, 0.2) is 54.7 Å². The predicted molar refractivity (Wildman–Crippen MR) is 125 cm³/mol. The van der Waals surface area contributed by atoms with Crippen LogP contribution in [0.2, 0.25) is 0 Å². The summed E-state index contributed by atoms with van der Waals surface area (Å²) in [6.45, 7) is 2.82. The molecule has 0 aliphatic carbocycles. The van der Waals surface area contributed by atoms with Crippen molar-refractivity contribution in [2.45, 2.75) is 32.2 Å². The van der Waals surface area contributed by atoms with Gasteiger partial charge in [0.15, 0.2) is 0 Å². The van der Waals surface area contributed by atoms with Crippen LogP contribution in [0.1, 0.15) is 39.9 Å². The summed E-state index contributed by atoms with van der Waals surface area (Å²) in [5, 5.41) is 11.4. The number of aryl methyl sites for hydroxylation is 2. The minimum Gasteiger partial charge on any atom is -0.497 e. The minimum atomic E-state index is -0.177. The molecule has 33 heavy (non-hydrogen) atoms. The average Bonchev–Trinajstić information content (AvgIpc) is 3.41. The first-order valence-corrected chi connectivity index (χ1v) is 11.0. The molecule has 1 atom stereocenters. The zero-order chi connectivity index (χ0) is 22.9. The highest BCUT2D eigenvalue weighted by molar-refractivity contribution is 6.03. The van der Waals surface area contributed by atoms with E-state index in [1.54, 1.807) is 13.3 Å². The van der Waals surface area contributed by atoms with Crippen LogP contribution in [0.3, 0.4) is 0 Å². The van der Waals surface area contributed by atoms with Crippen LogP contribution in [0.5, 0.6) is 5.75 Å². The maximum atomic E-state index is 13.0. The molecule has 1 aliphatic rings. The van der Waals surface area contributed by atoms with E-state index in [2.05, 4.69) is 31.1 Å². The molecule has 1 amide bonds. The molecule has 168 valence electrons. The number of benzene rings is 2. The Labute approximate surface area is 192 Å². The van der Waals surface area contributed by atoms with Crippen LogP contribution in [-0.4, -0.2) is 37.3 Å². The van der Waals surface area contributed by atoms with E-state index in [1.807, 2.05) is 61.0 Å². The van der Waals surface area contributed by atoms with E-state index >= 15 is 0 Å². The topological polar surface area (TPSA) is 86.9 Å². The van der Waals surface area contributed by atoms with E-state index < -0.39 is 0 Å². The molecule has 0 fully saturated rings. The molecule has 3 heterocycles. The summed E-state index contributed by atoms with van der Waals surface area (Å²) in [7, 11) is 3.53. The predicted octanol–water partition coefficient (Wildman–Crippen LogP) is 3.98. The first-order chi connectivity index (χ1) is 16.0. The molecule has 4 aromatic rings. The number of amides is 1. The second-order valence-electron chi connectivity index (χ2n) is 8.34. The average molecular weight is 443 g/mol. The Morgan fingerprint density at radius 2 is 1.97 bits per heavy atom. The first-order valence-electron chi connectivity index (χ1n) is 11.0. The fourth-order valence-electron chi connectivity index (χ4n) is 4.40. The van der Waals surface area contributed by atoms with Gasteiger partial charge >= 0.3 is 0 Å². The van der Waals surface area contributed by atoms with Crippen LogP contribution in [-0.2, 0) is 20.0 Å². The number of carbonyl (C=O) groups is 1. The van der Waals surface area contributed by atoms with Crippen molar-refractivity contribution >= 4 is 11.9 Å². The highest BCUT2D eigenvalue weighted by atomic mass is 16.5. The van der Waals surface area contributed by atoms with Gasteiger partial charge in [-0.3, -0.25) is 10.1 Å². The van der Waals surface area contributed by atoms with Gasteiger partial charge in [0.2, 0.25) is 5.95 Å². The van der Waals surface area contributed by atoms with E-state index in [9.17, 15) is 4.79 Å². The normalized spacial score (nSPS) is 15.2. The van der Waals surface area contributed by atoms with Gasteiger partial charge in [0.1, 0.15) is 17.4 Å². The number of nitrogens with one attached hydrogen (secondary N) is 1. The number of aromatic nitrogens is 5. The van der Waals surface area contributed by atoms with Crippen molar-refractivity contribution in [2.24, 2.45) is 7.05 Å². The fraction of sp³-hybridized carbons (Fsp3) is 0.280. The molecule has 1 aliphatic heterocycles. The number of fused-ring (bicyclic) bond motifs is 1. The summed E-state index contributed by atoms with van der Waals surface area (Å²) in [6.07, 6.45) is 3.64. The fourth-order valence-corrected chi connectivity index (χ4v) is 4.40. The van der Waals surface area contributed by atoms with Crippen LogP contribution in [0.25, 0.3) is 11.3 Å². The number of carbonyl (C=O) groups excluding carboxylic acids is 1. The van der Waals surface area contributed by atoms with Gasteiger partial charge in [0.05, 0.1) is 19.0 Å². The lowest BCUT2D eigenvalue weighted by atomic mass is 9.90. The molecule has 1 N–H and O–H groups in total. The monoisotopic (exact) mass is 442 g/mol. The van der Waals surface area contributed by atoms with Crippen molar-refractivity contribution in [3.63, 3.8) is 0 Å². The van der Waals surface area contributed by atoms with E-state index in [4.69, 9.17) is 4.74 Å².